The van der Waals surface area contributed by atoms with Crippen LogP contribution in [-0.2, 0) is 11.2 Å². The molecule has 0 saturated heterocycles. The van der Waals surface area contributed by atoms with E-state index in [1.165, 1.54) is 11.8 Å². The van der Waals surface area contributed by atoms with Gasteiger partial charge in [-0.2, -0.15) is 0 Å². The summed E-state index contributed by atoms with van der Waals surface area (Å²) in [5.74, 6) is 1.46. The number of carbonyl (C=O) groups excluding carboxylic acids is 1. The normalized spacial score (nSPS) is 15.6. The maximum absolute atomic E-state index is 11.7. The Bertz CT molecular complexity index is 488. The third-order valence-electron chi connectivity index (χ3n) is 3.19. The van der Waals surface area contributed by atoms with E-state index < -0.39 is 12.4 Å². The van der Waals surface area contributed by atoms with Crippen molar-refractivity contribution < 1.29 is 24.1 Å². The number of aliphatic hydroxyl groups is 1. The van der Waals surface area contributed by atoms with Crippen LogP contribution >= 0.6 is 0 Å². The van der Waals surface area contributed by atoms with E-state index >= 15 is 0 Å². The van der Waals surface area contributed by atoms with Gasteiger partial charge in [0.2, 0.25) is 6.79 Å². The van der Waals surface area contributed by atoms with Crippen molar-refractivity contribution in [1.29, 1.82) is 0 Å². The fourth-order valence-electron chi connectivity index (χ4n) is 1.95. The summed E-state index contributed by atoms with van der Waals surface area (Å²) in [6, 6.07) is 5.64. The Hall–Kier alpha value is -1.95. The van der Waals surface area contributed by atoms with Crippen molar-refractivity contribution >= 4 is 6.09 Å². The van der Waals surface area contributed by atoms with Crippen molar-refractivity contribution in [2.24, 2.45) is 0 Å². The molecule has 1 aliphatic rings. The van der Waals surface area contributed by atoms with Crippen molar-refractivity contribution in [2.45, 2.75) is 32.6 Å². The first kappa shape index (κ1) is 14.5. The quantitative estimate of drug-likeness (QED) is 0.852. The van der Waals surface area contributed by atoms with Crippen LogP contribution in [0.5, 0.6) is 11.5 Å². The largest absolute Gasteiger partial charge is 0.454 e. The summed E-state index contributed by atoms with van der Waals surface area (Å²) in [4.78, 5) is 13.1. The zero-order valence-corrected chi connectivity index (χ0v) is 11.8. The van der Waals surface area contributed by atoms with Crippen molar-refractivity contribution in [3.05, 3.63) is 23.8 Å². The summed E-state index contributed by atoms with van der Waals surface area (Å²) in [5, 5.41) is 9.05. The van der Waals surface area contributed by atoms with Gasteiger partial charge in [0.1, 0.15) is 0 Å². The summed E-state index contributed by atoms with van der Waals surface area (Å²) in [6.07, 6.45) is -1.00. The molecule has 0 aromatic heterocycles. The molecule has 1 amide bonds. The number of hydrogen-bond donors (Lipinski definition) is 1. The van der Waals surface area contributed by atoms with E-state index in [9.17, 15) is 4.79 Å². The number of benzene rings is 1. The van der Waals surface area contributed by atoms with Crippen LogP contribution in [0.25, 0.3) is 0 Å². The van der Waals surface area contributed by atoms with Crippen molar-refractivity contribution in [3.63, 3.8) is 0 Å². The van der Waals surface area contributed by atoms with E-state index in [-0.39, 0.29) is 12.8 Å². The lowest BCUT2D eigenvalue weighted by molar-refractivity contribution is -0.0512. The van der Waals surface area contributed by atoms with E-state index in [0.717, 1.165) is 17.1 Å². The highest BCUT2D eigenvalue weighted by Crippen LogP contribution is 2.32. The van der Waals surface area contributed by atoms with Crippen LogP contribution in [0, 0.1) is 0 Å². The van der Waals surface area contributed by atoms with Gasteiger partial charge < -0.3 is 24.2 Å². The number of amides is 1. The average Bonchev–Trinajstić information content (AvgIpc) is 2.84. The summed E-state index contributed by atoms with van der Waals surface area (Å²) in [6.45, 7) is 3.55. The lowest BCUT2D eigenvalue weighted by atomic mass is 10.1. The number of rotatable bonds is 4. The number of aliphatic hydroxyl groups excluding tert-OH is 1. The van der Waals surface area contributed by atoms with Gasteiger partial charge in [-0.25, -0.2) is 4.79 Å². The summed E-state index contributed by atoms with van der Waals surface area (Å²) < 4.78 is 15.3. The van der Waals surface area contributed by atoms with Gasteiger partial charge in [0.25, 0.3) is 0 Å². The highest BCUT2D eigenvalue weighted by atomic mass is 16.7. The Morgan fingerprint density at radius 3 is 2.80 bits per heavy atom. The van der Waals surface area contributed by atoms with E-state index in [1.807, 2.05) is 25.1 Å². The summed E-state index contributed by atoms with van der Waals surface area (Å²) in [5.41, 5.74) is 1.04. The Morgan fingerprint density at radius 1 is 1.40 bits per heavy atom. The molecule has 0 aliphatic carbocycles. The molecule has 6 heteroatoms. The molecule has 0 spiro atoms. The second-order valence-electron chi connectivity index (χ2n) is 4.83. The maximum Gasteiger partial charge on any atom is 0.412 e. The van der Waals surface area contributed by atoms with Crippen LogP contribution in [0.3, 0.4) is 0 Å². The minimum atomic E-state index is -1.11. The zero-order chi connectivity index (χ0) is 14.7. The fraction of sp³-hybridized carbons (Fsp3) is 0.500. The molecular weight excluding hydrogens is 262 g/mol. The van der Waals surface area contributed by atoms with Gasteiger partial charge in [-0.1, -0.05) is 6.07 Å². The predicted molar refractivity (Wildman–Crippen MR) is 71.7 cm³/mol. The van der Waals surface area contributed by atoms with Gasteiger partial charge in [-0.15, -0.1) is 0 Å². The smallest absolute Gasteiger partial charge is 0.412 e. The summed E-state index contributed by atoms with van der Waals surface area (Å²) in [7, 11) is 1.64. The van der Waals surface area contributed by atoms with Crippen LogP contribution in [0.15, 0.2) is 18.2 Å². The third kappa shape index (κ3) is 3.33. The Morgan fingerprint density at radius 2 is 2.10 bits per heavy atom. The number of nitrogens with zero attached hydrogens (tertiary/aromatic N) is 1. The molecule has 6 nitrogen and oxygen atoms in total. The third-order valence-corrected chi connectivity index (χ3v) is 3.19. The molecular formula is C14H19NO5. The molecule has 0 radical (unpaired) electrons. The number of fused-ring (bicyclic) bond motifs is 1. The number of hydrogen-bond acceptors (Lipinski definition) is 5. The van der Waals surface area contributed by atoms with Crippen LogP contribution in [0.1, 0.15) is 19.4 Å². The maximum atomic E-state index is 11.7. The molecule has 1 heterocycles. The Labute approximate surface area is 117 Å². The minimum absolute atomic E-state index is 0.0679. The highest BCUT2D eigenvalue weighted by molar-refractivity contribution is 5.67. The van der Waals surface area contributed by atoms with E-state index in [0.29, 0.717) is 6.42 Å². The van der Waals surface area contributed by atoms with Gasteiger partial charge in [-0.05, 0) is 38.0 Å². The highest BCUT2D eigenvalue weighted by Gasteiger charge is 2.20. The lowest BCUT2D eigenvalue weighted by Gasteiger charge is -2.25. The van der Waals surface area contributed by atoms with Gasteiger partial charge in [-0.3, -0.25) is 0 Å². The molecule has 20 heavy (non-hydrogen) atoms. The zero-order valence-electron chi connectivity index (χ0n) is 11.8. The van der Waals surface area contributed by atoms with Crippen LogP contribution < -0.4 is 9.47 Å². The fourth-order valence-corrected chi connectivity index (χ4v) is 1.95. The summed E-state index contributed by atoms with van der Waals surface area (Å²) >= 11 is 0. The first-order chi connectivity index (χ1) is 9.47. The van der Waals surface area contributed by atoms with E-state index in [1.54, 1.807) is 7.05 Å². The van der Waals surface area contributed by atoms with E-state index in [2.05, 4.69) is 0 Å². The molecule has 110 valence electrons. The molecule has 0 fully saturated rings. The van der Waals surface area contributed by atoms with Crippen molar-refractivity contribution in [3.8, 4) is 11.5 Å². The predicted octanol–water partition coefficient (Wildman–Crippen LogP) is 1.75. The molecule has 2 rings (SSSR count). The monoisotopic (exact) mass is 281 g/mol. The molecule has 1 aliphatic heterocycles. The Kier molecular flexibility index (Phi) is 4.34. The minimum Gasteiger partial charge on any atom is -0.454 e. The first-order valence-electron chi connectivity index (χ1n) is 6.47. The second-order valence-corrected chi connectivity index (χ2v) is 4.83. The number of carbonyl (C=O) groups is 1. The number of ether oxygens (including phenoxy) is 3. The van der Waals surface area contributed by atoms with Gasteiger partial charge in [0.05, 0.1) is 0 Å². The van der Waals surface area contributed by atoms with E-state index in [4.69, 9.17) is 19.3 Å². The molecule has 2 unspecified atom stereocenters. The van der Waals surface area contributed by atoms with Crippen molar-refractivity contribution in [1.82, 2.24) is 4.90 Å². The molecule has 1 aromatic carbocycles. The standard InChI is InChI=1S/C14H19NO5/c1-9(15(3)14(17)20-10(2)16)6-11-4-5-12-13(7-11)19-8-18-12/h4-5,7,9-10,16H,6,8H2,1-3H3. The lowest BCUT2D eigenvalue weighted by Crippen LogP contribution is -2.38. The first-order valence-corrected chi connectivity index (χ1v) is 6.47. The number of likely N-dealkylation sites (N-methyl/N-ethyl adjacent to an activating group) is 1. The van der Waals surface area contributed by atoms with Crippen molar-refractivity contribution in [2.75, 3.05) is 13.8 Å². The Balaban J connectivity index is 1.97. The van der Waals surface area contributed by atoms with Crippen LogP contribution in [0.2, 0.25) is 0 Å². The van der Waals surface area contributed by atoms with Gasteiger partial charge in [0.15, 0.2) is 17.8 Å². The molecule has 1 N–H and O–H groups in total. The van der Waals surface area contributed by atoms with Crippen LogP contribution in [0.4, 0.5) is 4.79 Å². The van der Waals surface area contributed by atoms with Gasteiger partial charge in [0, 0.05) is 13.1 Å². The molecule has 0 saturated carbocycles. The molecule has 1 aromatic rings. The van der Waals surface area contributed by atoms with Crippen LogP contribution in [-0.4, -0.2) is 42.3 Å². The average molecular weight is 281 g/mol. The molecule has 0 bridgehead atoms. The SMILES string of the molecule is CC(O)OC(=O)N(C)C(C)Cc1ccc2c(c1)OCO2. The molecule has 2 atom stereocenters. The van der Waals surface area contributed by atoms with Gasteiger partial charge >= 0.3 is 6.09 Å². The topological polar surface area (TPSA) is 68.2 Å². The second kappa shape index (κ2) is 6.00.